The lowest BCUT2D eigenvalue weighted by Crippen LogP contribution is -2.25. The van der Waals surface area contributed by atoms with Crippen LogP contribution in [0.5, 0.6) is 0 Å². The van der Waals surface area contributed by atoms with Gasteiger partial charge in [0, 0.05) is 16.9 Å². The lowest BCUT2D eigenvalue weighted by Gasteiger charge is -2.30. The van der Waals surface area contributed by atoms with Crippen LogP contribution in [-0.4, -0.2) is 0 Å². The normalized spacial score (nSPS) is 16.8. The molecule has 33 heavy (non-hydrogen) atoms. The minimum atomic E-state index is -0.378. The number of nitrogens with two attached hydrogens (primary N) is 2. The Morgan fingerprint density at radius 3 is 1.85 bits per heavy atom. The minimum absolute atomic E-state index is 0.378. The molecule has 0 fully saturated rings. The van der Waals surface area contributed by atoms with E-state index >= 15 is 0 Å². The van der Waals surface area contributed by atoms with Crippen molar-refractivity contribution < 1.29 is 0 Å². The number of rotatable bonds is 1. The van der Waals surface area contributed by atoms with Gasteiger partial charge in [-0.15, -0.1) is 0 Å². The zero-order chi connectivity index (χ0) is 22.2. The molecule has 0 bridgehead atoms. The monoisotopic (exact) mass is 422 g/mol. The van der Waals surface area contributed by atoms with E-state index in [4.69, 9.17) is 11.5 Å². The van der Waals surface area contributed by atoms with Crippen LogP contribution in [0.1, 0.15) is 22.3 Å². The molecule has 1 atom stereocenters. The van der Waals surface area contributed by atoms with Gasteiger partial charge in [0.1, 0.15) is 0 Å². The molecule has 0 aromatic heterocycles. The summed E-state index contributed by atoms with van der Waals surface area (Å²) >= 11 is 0. The third kappa shape index (κ3) is 2.22. The summed E-state index contributed by atoms with van der Waals surface area (Å²) < 4.78 is 0. The summed E-state index contributed by atoms with van der Waals surface area (Å²) in [6.07, 6.45) is 0. The summed E-state index contributed by atoms with van der Waals surface area (Å²) in [4.78, 5) is 0. The molecular formula is C31H22N2. The molecule has 5 aromatic carbocycles. The molecule has 0 aliphatic heterocycles. The van der Waals surface area contributed by atoms with Gasteiger partial charge in [-0.25, -0.2) is 0 Å². The highest BCUT2D eigenvalue weighted by Crippen LogP contribution is 2.63. The van der Waals surface area contributed by atoms with E-state index in [1.54, 1.807) is 0 Å². The smallest absolute Gasteiger partial charge is 0.0726 e. The molecule has 2 aliphatic carbocycles. The molecule has 1 unspecified atom stereocenters. The summed E-state index contributed by atoms with van der Waals surface area (Å²) in [6, 6.07) is 38.9. The lowest BCUT2D eigenvalue weighted by atomic mass is 9.70. The Labute approximate surface area is 193 Å². The zero-order valence-corrected chi connectivity index (χ0v) is 18.0. The Bertz CT molecular complexity index is 1580. The zero-order valence-electron chi connectivity index (χ0n) is 18.0. The fourth-order valence-corrected chi connectivity index (χ4v) is 6.07. The molecule has 7 rings (SSSR count). The van der Waals surface area contributed by atoms with Crippen molar-refractivity contribution in [1.82, 2.24) is 0 Å². The van der Waals surface area contributed by atoms with E-state index in [0.29, 0.717) is 0 Å². The van der Waals surface area contributed by atoms with Crippen molar-refractivity contribution in [3.05, 3.63) is 131 Å². The molecule has 2 nitrogen and oxygen atoms in total. The molecule has 0 saturated carbocycles. The Morgan fingerprint density at radius 2 is 1.06 bits per heavy atom. The lowest BCUT2D eigenvalue weighted by molar-refractivity contribution is 0.794. The molecule has 0 saturated heterocycles. The average Bonchev–Trinajstić information content (AvgIpc) is 3.32. The summed E-state index contributed by atoms with van der Waals surface area (Å²) in [5.41, 5.74) is 26.3. The van der Waals surface area contributed by atoms with Crippen molar-refractivity contribution in [2.45, 2.75) is 5.41 Å². The number of fused-ring (bicyclic) bond motifs is 10. The van der Waals surface area contributed by atoms with Crippen molar-refractivity contribution in [1.29, 1.82) is 0 Å². The van der Waals surface area contributed by atoms with Gasteiger partial charge in [-0.1, -0.05) is 84.9 Å². The van der Waals surface area contributed by atoms with Crippen LogP contribution in [0.2, 0.25) is 0 Å². The summed E-state index contributed by atoms with van der Waals surface area (Å²) in [7, 11) is 0. The van der Waals surface area contributed by atoms with Crippen molar-refractivity contribution >= 4 is 11.4 Å². The second-order valence-electron chi connectivity index (χ2n) is 8.99. The number of hydrogen-bond donors (Lipinski definition) is 2. The SMILES string of the molecule is Nc1ccc(-c2ccc3c(c2)C2(c4ccccc4-3)c3ccccc3-c3c(N)cccc32)cc1. The fourth-order valence-electron chi connectivity index (χ4n) is 6.07. The Balaban J connectivity index is 1.63. The van der Waals surface area contributed by atoms with Gasteiger partial charge in [-0.2, -0.15) is 0 Å². The van der Waals surface area contributed by atoms with Crippen molar-refractivity contribution in [3.8, 4) is 33.4 Å². The Morgan fingerprint density at radius 1 is 0.455 bits per heavy atom. The second kappa shape index (κ2) is 6.36. The number of nitrogen functional groups attached to an aromatic ring is 2. The maximum atomic E-state index is 6.60. The highest BCUT2D eigenvalue weighted by Gasteiger charge is 2.52. The van der Waals surface area contributed by atoms with Crippen molar-refractivity contribution in [2.75, 3.05) is 11.5 Å². The standard InChI is InChI=1S/C31H22N2/c32-21-15-12-19(13-16-21)20-14-17-23-22-6-1-3-8-25(22)31(28(23)18-20)26-9-4-2-7-24(26)30-27(31)10-5-11-29(30)33/h1-18H,32-33H2. The predicted octanol–water partition coefficient (Wildman–Crippen LogP) is 6.86. The minimum Gasteiger partial charge on any atom is -0.399 e. The molecule has 0 heterocycles. The van der Waals surface area contributed by atoms with E-state index in [2.05, 4.69) is 91.0 Å². The first-order valence-corrected chi connectivity index (χ1v) is 11.3. The summed E-state index contributed by atoms with van der Waals surface area (Å²) in [5, 5.41) is 0. The van der Waals surface area contributed by atoms with Crippen LogP contribution in [0.15, 0.2) is 109 Å². The highest BCUT2D eigenvalue weighted by molar-refractivity contribution is 5.98. The molecule has 156 valence electrons. The van der Waals surface area contributed by atoms with E-state index in [1.165, 1.54) is 44.5 Å². The maximum absolute atomic E-state index is 6.60. The molecule has 1 spiro atoms. The second-order valence-corrected chi connectivity index (χ2v) is 8.99. The van der Waals surface area contributed by atoms with Crippen LogP contribution < -0.4 is 11.5 Å². The van der Waals surface area contributed by atoms with Crippen LogP contribution in [0.3, 0.4) is 0 Å². The van der Waals surface area contributed by atoms with Gasteiger partial charge in [-0.05, 0) is 74.3 Å². The van der Waals surface area contributed by atoms with Gasteiger partial charge in [0.2, 0.25) is 0 Å². The van der Waals surface area contributed by atoms with E-state index in [-0.39, 0.29) is 5.41 Å². The van der Waals surface area contributed by atoms with Crippen LogP contribution in [-0.2, 0) is 5.41 Å². The highest BCUT2D eigenvalue weighted by atomic mass is 14.6. The predicted molar refractivity (Wildman–Crippen MR) is 137 cm³/mol. The molecule has 2 heteroatoms. The fraction of sp³-hybridized carbons (Fsp3) is 0.0323. The quantitative estimate of drug-likeness (QED) is 0.284. The van der Waals surface area contributed by atoms with Crippen molar-refractivity contribution in [2.24, 2.45) is 0 Å². The molecule has 2 aliphatic rings. The van der Waals surface area contributed by atoms with Gasteiger partial charge < -0.3 is 11.5 Å². The third-order valence-electron chi connectivity index (χ3n) is 7.39. The van der Waals surface area contributed by atoms with E-state index < -0.39 is 0 Å². The van der Waals surface area contributed by atoms with Gasteiger partial charge >= 0.3 is 0 Å². The van der Waals surface area contributed by atoms with Crippen LogP contribution in [0.25, 0.3) is 33.4 Å². The molecule has 0 amide bonds. The molecule has 4 N–H and O–H groups in total. The molecule has 0 radical (unpaired) electrons. The van der Waals surface area contributed by atoms with Crippen LogP contribution in [0, 0.1) is 0 Å². The molecule has 5 aromatic rings. The van der Waals surface area contributed by atoms with Crippen LogP contribution >= 0.6 is 0 Å². The Kier molecular flexibility index (Phi) is 3.53. The first-order chi connectivity index (χ1) is 16.2. The van der Waals surface area contributed by atoms with Crippen molar-refractivity contribution in [3.63, 3.8) is 0 Å². The number of anilines is 2. The summed E-state index contributed by atoms with van der Waals surface area (Å²) in [5.74, 6) is 0. The maximum Gasteiger partial charge on any atom is 0.0726 e. The average molecular weight is 423 g/mol. The first-order valence-electron chi connectivity index (χ1n) is 11.3. The largest absolute Gasteiger partial charge is 0.399 e. The summed E-state index contributed by atoms with van der Waals surface area (Å²) in [6.45, 7) is 0. The number of benzene rings is 5. The Hall–Kier alpha value is -4.30. The van der Waals surface area contributed by atoms with Crippen LogP contribution in [0.4, 0.5) is 11.4 Å². The topological polar surface area (TPSA) is 52.0 Å². The first kappa shape index (κ1) is 18.3. The third-order valence-corrected chi connectivity index (χ3v) is 7.39. The van der Waals surface area contributed by atoms with Gasteiger partial charge in [0.05, 0.1) is 5.41 Å². The van der Waals surface area contributed by atoms with E-state index in [9.17, 15) is 0 Å². The van der Waals surface area contributed by atoms with Gasteiger partial charge in [0.15, 0.2) is 0 Å². The van der Waals surface area contributed by atoms with Gasteiger partial charge in [-0.3, -0.25) is 0 Å². The van der Waals surface area contributed by atoms with Gasteiger partial charge in [0.25, 0.3) is 0 Å². The number of hydrogen-bond acceptors (Lipinski definition) is 2. The van der Waals surface area contributed by atoms with E-state index in [0.717, 1.165) is 22.5 Å². The van der Waals surface area contributed by atoms with E-state index in [1.807, 2.05) is 18.2 Å². The molecular weight excluding hydrogens is 400 g/mol.